The van der Waals surface area contributed by atoms with Crippen LogP contribution in [0.15, 0.2) is 24.3 Å². The molecule has 1 saturated carbocycles. The number of carbonyl (C=O) groups excluding carboxylic acids is 1. The Morgan fingerprint density at radius 1 is 1.25 bits per heavy atom. The first-order chi connectivity index (χ1) is 9.51. The van der Waals surface area contributed by atoms with Crippen molar-refractivity contribution in [3.63, 3.8) is 0 Å². The normalized spacial score (nSPS) is 25.8. The van der Waals surface area contributed by atoms with Gasteiger partial charge in [-0.3, -0.25) is 4.79 Å². The number of ether oxygens (including phenoxy) is 2. The quantitative estimate of drug-likeness (QED) is 0.859. The van der Waals surface area contributed by atoms with Gasteiger partial charge in [-0.15, -0.1) is 0 Å². The van der Waals surface area contributed by atoms with E-state index in [1.54, 1.807) is 14.2 Å². The highest BCUT2D eigenvalue weighted by atomic mass is 16.7. The number of hydrogen-bond acceptors (Lipinski definition) is 3. The van der Waals surface area contributed by atoms with E-state index in [4.69, 9.17) is 9.47 Å². The van der Waals surface area contributed by atoms with E-state index in [1.165, 1.54) is 0 Å². The zero-order valence-corrected chi connectivity index (χ0v) is 12.2. The molecule has 1 heterocycles. The van der Waals surface area contributed by atoms with Crippen LogP contribution in [0.25, 0.3) is 0 Å². The minimum atomic E-state index is -0.434. The van der Waals surface area contributed by atoms with Gasteiger partial charge in [0.05, 0.1) is 6.04 Å². The summed E-state index contributed by atoms with van der Waals surface area (Å²) in [4.78, 5) is 11.9. The maximum absolute atomic E-state index is 11.9. The molecule has 0 spiro atoms. The molecule has 0 bridgehead atoms. The lowest BCUT2D eigenvalue weighted by Crippen LogP contribution is -2.53. The largest absolute Gasteiger partial charge is 0.353 e. The van der Waals surface area contributed by atoms with Crippen molar-refractivity contribution in [2.45, 2.75) is 38.0 Å². The summed E-state index contributed by atoms with van der Waals surface area (Å²) in [7, 11) is 3.38. The van der Waals surface area contributed by atoms with Crippen LogP contribution in [0, 0.1) is 5.41 Å². The smallest absolute Gasteiger partial charge is 0.252 e. The molecule has 1 N–H and O–H groups in total. The van der Waals surface area contributed by atoms with Crippen LogP contribution < -0.4 is 5.32 Å². The predicted molar refractivity (Wildman–Crippen MR) is 75.4 cm³/mol. The third-order valence-electron chi connectivity index (χ3n) is 4.72. The maximum Gasteiger partial charge on any atom is 0.252 e. The second-order valence-electron chi connectivity index (χ2n) is 6.30. The molecule has 4 heteroatoms. The van der Waals surface area contributed by atoms with E-state index in [1.807, 2.05) is 24.3 Å². The van der Waals surface area contributed by atoms with E-state index in [2.05, 4.69) is 12.2 Å². The summed E-state index contributed by atoms with van der Waals surface area (Å²) in [6.07, 6.45) is 2.65. The van der Waals surface area contributed by atoms with Gasteiger partial charge in [0.25, 0.3) is 5.91 Å². The highest BCUT2D eigenvalue weighted by molar-refractivity contribution is 5.99. The van der Waals surface area contributed by atoms with Crippen molar-refractivity contribution >= 4 is 5.91 Å². The molecule has 1 unspecified atom stereocenters. The van der Waals surface area contributed by atoms with E-state index >= 15 is 0 Å². The van der Waals surface area contributed by atoms with E-state index < -0.39 is 5.79 Å². The number of methoxy groups -OCH3 is 2. The van der Waals surface area contributed by atoms with Gasteiger partial charge in [-0.05, 0) is 23.5 Å². The molecule has 4 nitrogen and oxygen atoms in total. The zero-order chi connectivity index (χ0) is 14.4. The molecule has 20 heavy (non-hydrogen) atoms. The Labute approximate surface area is 119 Å². The lowest BCUT2D eigenvalue weighted by atomic mass is 9.62. The lowest BCUT2D eigenvalue weighted by molar-refractivity contribution is -0.295. The van der Waals surface area contributed by atoms with Crippen LogP contribution in [0.5, 0.6) is 0 Å². The molecule has 108 valence electrons. The summed E-state index contributed by atoms with van der Waals surface area (Å²) in [5, 5.41) is 3.09. The molecule has 1 aromatic rings. The molecule has 1 fully saturated rings. The van der Waals surface area contributed by atoms with Crippen molar-refractivity contribution < 1.29 is 14.3 Å². The molecular formula is C16H21NO3. The lowest BCUT2D eigenvalue weighted by Gasteiger charge is -2.53. The zero-order valence-electron chi connectivity index (χ0n) is 12.2. The number of hydrogen-bond donors (Lipinski definition) is 1. The summed E-state index contributed by atoms with van der Waals surface area (Å²) in [5.74, 6) is -0.394. The summed E-state index contributed by atoms with van der Waals surface area (Å²) in [6.45, 7) is 2.23. The molecule has 0 radical (unpaired) electrons. The van der Waals surface area contributed by atoms with Gasteiger partial charge in [-0.2, -0.15) is 0 Å². The van der Waals surface area contributed by atoms with Crippen LogP contribution in [0.3, 0.4) is 0 Å². The Balaban J connectivity index is 1.73. The molecule has 1 aliphatic carbocycles. The maximum atomic E-state index is 11.9. The fraction of sp³-hybridized carbons (Fsp3) is 0.562. The standard InChI is InChI=1S/C16H21NO3/c1-15(9-16(10-15,19-2)20-3)8-13-11-6-4-5-7-12(11)14(18)17-13/h4-7,13H,8-10H2,1-3H3,(H,17,18). The number of fused-ring (bicyclic) bond motifs is 1. The number of rotatable bonds is 4. The number of amides is 1. The number of nitrogens with one attached hydrogen (secondary N) is 1. The van der Waals surface area contributed by atoms with Gasteiger partial charge in [0, 0.05) is 32.6 Å². The van der Waals surface area contributed by atoms with Crippen molar-refractivity contribution in [2.24, 2.45) is 5.41 Å². The van der Waals surface area contributed by atoms with Gasteiger partial charge in [-0.1, -0.05) is 25.1 Å². The minimum absolute atomic E-state index is 0.0401. The molecule has 1 atom stereocenters. The van der Waals surface area contributed by atoms with Crippen LogP contribution in [0.2, 0.25) is 0 Å². The van der Waals surface area contributed by atoms with Crippen LogP contribution in [-0.2, 0) is 9.47 Å². The Morgan fingerprint density at radius 3 is 2.55 bits per heavy atom. The van der Waals surface area contributed by atoms with Gasteiger partial charge in [0.1, 0.15) is 0 Å². The minimum Gasteiger partial charge on any atom is -0.353 e. The van der Waals surface area contributed by atoms with Gasteiger partial charge < -0.3 is 14.8 Å². The van der Waals surface area contributed by atoms with E-state index in [0.717, 1.165) is 30.4 Å². The van der Waals surface area contributed by atoms with Crippen molar-refractivity contribution in [3.8, 4) is 0 Å². The molecule has 0 saturated heterocycles. The van der Waals surface area contributed by atoms with Crippen molar-refractivity contribution in [3.05, 3.63) is 35.4 Å². The summed E-state index contributed by atoms with van der Waals surface area (Å²) in [6, 6.07) is 7.94. The fourth-order valence-corrected chi connectivity index (χ4v) is 3.74. The Kier molecular flexibility index (Phi) is 3.10. The summed E-state index contributed by atoms with van der Waals surface area (Å²) < 4.78 is 10.9. The van der Waals surface area contributed by atoms with Gasteiger partial charge in [-0.25, -0.2) is 0 Å². The molecule has 1 aromatic carbocycles. The monoisotopic (exact) mass is 275 g/mol. The molecule has 2 aliphatic rings. The molecule has 0 aromatic heterocycles. The van der Waals surface area contributed by atoms with Gasteiger partial charge in [0.2, 0.25) is 0 Å². The molecule has 3 rings (SSSR count). The summed E-state index contributed by atoms with van der Waals surface area (Å²) in [5.41, 5.74) is 2.07. The van der Waals surface area contributed by atoms with Gasteiger partial charge in [0.15, 0.2) is 5.79 Å². The first kappa shape index (κ1) is 13.6. The number of benzene rings is 1. The van der Waals surface area contributed by atoms with Crippen LogP contribution in [0.4, 0.5) is 0 Å². The highest BCUT2D eigenvalue weighted by Crippen LogP contribution is 2.55. The number of carbonyl (C=O) groups is 1. The Bertz CT molecular complexity index is 528. The predicted octanol–water partition coefficient (Wildman–Crippen LogP) is 2.65. The van der Waals surface area contributed by atoms with E-state index in [0.29, 0.717) is 0 Å². The molecule has 1 aliphatic heterocycles. The van der Waals surface area contributed by atoms with Crippen LogP contribution >= 0.6 is 0 Å². The molecular weight excluding hydrogens is 254 g/mol. The third kappa shape index (κ3) is 2.03. The second kappa shape index (κ2) is 4.57. The van der Waals surface area contributed by atoms with Crippen molar-refractivity contribution in [1.82, 2.24) is 5.32 Å². The Morgan fingerprint density at radius 2 is 1.90 bits per heavy atom. The second-order valence-corrected chi connectivity index (χ2v) is 6.30. The van der Waals surface area contributed by atoms with E-state index in [-0.39, 0.29) is 17.4 Å². The van der Waals surface area contributed by atoms with E-state index in [9.17, 15) is 4.79 Å². The van der Waals surface area contributed by atoms with Crippen LogP contribution in [0.1, 0.15) is 48.1 Å². The summed E-state index contributed by atoms with van der Waals surface area (Å²) >= 11 is 0. The van der Waals surface area contributed by atoms with Crippen molar-refractivity contribution in [1.29, 1.82) is 0 Å². The topological polar surface area (TPSA) is 47.6 Å². The van der Waals surface area contributed by atoms with Crippen LogP contribution in [-0.4, -0.2) is 25.9 Å². The average Bonchev–Trinajstić information content (AvgIpc) is 2.73. The fourth-order valence-electron chi connectivity index (χ4n) is 3.74. The average molecular weight is 275 g/mol. The third-order valence-corrected chi connectivity index (χ3v) is 4.72. The first-order valence-corrected chi connectivity index (χ1v) is 7.01. The highest BCUT2D eigenvalue weighted by Gasteiger charge is 2.54. The molecule has 1 amide bonds. The van der Waals surface area contributed by atoms with Crippen molar-refractivity contribution in [2.75, 3.05) is 14.2 Å². The van der Waals surface area contributed by atoms with Gasteiger partial charge >= 0.3 is 0 Å². The Hall–Kier alpha value is -1.39. The SMILES string of the molecule is COC1(OC)CC(C)(CC2NC(=O)c3ccccc32)C1. The first-order valence-electron chi connectivity index (χ1n) is 7.01.